The van der Waals surface area contributed by atoms with Crippen molar-refractivity contribution in [3.8, 4) is 0 Å². The van der Waals surface area contributed by atoms with Crippen LogP contribution in [0.15, 0.2) is 48.5 Å². The Bertz CT molecular complexity index is 751. The first-order chi connectivity index (χ1) is 11.3. The maximum atomic E-state index is 12.8. The highest BCUT2D eigenvalue weighted by Crippen LogP contribution is 2.47. The van der Waals surface area contributed by atoms with Crippen molar-refractivity contribution >= 4 is 5.91 Å². The minimum absolute atomic E-state index is 0.0300. The molecule has 23 heavy (non-hydrogen) atoms. The molecule has 0 fully saturated rings. The van der Waals surface area contributed by atoms with Crippen LogP contribution >= 0.6 is 0 Å². The van der Waals surface area contributed by atoms with Gasteiger partial charge >= 0.3 is 0 Å². The zero-order valence-electron chi connectivity index (χ0n) is 13.3. The standard InChI is InChI=1S/C20H21NO2/c1-2-13(12-22)18-11-21-19(15-8-4-3-7-14(15)18)16-9-5-6-10-17(16)20(21)23/h3-10,13,18-19,22H,2,11-12H2,1H3/t13-,18-,19-/m0/s1. The van der Waals surface area contributed by atoms with Crippen molar-refractivity contribution in [2.75, 3.05) is 13.2 Å². The molecule has 0 bridgehead atoms. The Morgan fingerprint density at radius 3 is 2.43 bits per heavy atom. The van der Waals surface area contributed by atoms with Crippen LogP contribution < -0.4 is 0 Å². The highest BCUT2D eigenvalue weighted by molar-refractivity contribution is 6.00. The summed E-state index contributed by atoms with van der Waals surface area (Å²) in [4.78, 5) is 14.8. The van der Waals surface area contributed by atoms with Crippen molar-refractivity contribution in [3.05, 3.63) is 70.8 Å². The van der Waals surface area contributed by atoms with E-state index in [0.717, 1.165) is 17.5 Å². The van der Waals surface area contributed by atoms with Gasteiger partial charge in [-0.1, -0.05) is 55.8 Å². The summed E-state index contributed by atoms with van der Waals surface area (Å²) in [5.74, 6) is 0.516. The first kappa shape index (κ1) is 14.5. The Hall–Kier alpha value is -2.13. The number of carbonyl (C=O) groups excluding carboxylic acids is 1. The lowest BCUT2D eigenvalue weighted by Crippen LogP contribution is -2.40. The lowest BCUT2D eigenvalue weighted by Gasteiger charge is -2.40. The molecule has 4 rings (SSSR count). The van der Waals surface area contributed by atoms with Crippen LogP contribution in [0.2, 0.25) is 0 Å². The number of amides is 1. The van der Waals surface area contributed by atoms with Crippen LogP contribution in [0, 0.1) is 5.92 Å². The summed E-state index contributed by atoms with van der Waals surface area (Å²) in [6.07, 6.45) is 0.912. The molecule has 0 aliphatic carbocycles. The molecule has 3 atom stereocenters. The predicted octanol–water partition coefficient (Wildman–Crippen LogP) is 3.35. The van der Waals surface area contributed by atoms with Crippen LogP contribution in [-0.4, -0.2) is 29.1 Å². The molecule has 2 heterocycles. The Labute approximate surface area is 136 Å². The molecule has 2 aliphatic heterocycles. The second-order valence-corrected chi connectivity index (χ2v) is 6.53. The third-order valence-corrected chi connectivity index (χ3v) is 5.47. The van der Waals surface area contributed by atoms with Gasteiger partial charge in [-0.15, -0.1) is 0 Å². The van der Waals surface area contributed by atoms with Gasteiger partial charge in [0.2, 0.25) is 0 Å². The molecule has 0 aromatic heterocycles. The van der Waals surface area contributed by atoms with E-state index in [4.69, 9.17) is 0 Å². The molecule has 0 saturated heterocycles. The molecule has 0 unspecified atom stereocenters. The fourth-order valence-electron chi connectivity index (χ4n) is 4.25. The molecule has 2 aliphatic rings. The number of benzene rings is 2. The van der Waals surface area contributed by atoms with E-state index >= 15 is 0 Å². The Morgan fingerprint density at radius 1 is 1.09 bits per heavy atom. The third-order valence-electron chi connectivity index (χ3n) is 5.47. The number of nitrogens with zero attached hydrogens (tertiary/aromatic N) is 1. The third kappa shape index (κ3) is 2.03. The minimum atomic E-state index is 0.0300. The Kier molecular flexibility index (Phi) is 3.46. The molecule has 118 valence electrons. The number of rotatable bonds is 3. The minimum Gasteiger partial charge on any atom is -0.396 e. The van der Waals surface area contributed by atoms with E-state index in [-0.39, 0.29) is 30.4 Å². The summed E-state index contributed by atoms with van der Waals surface area (Å²) < 4.78 is 0. The van der Waals surface area contributed by atoms with Crippen molar-refractivity contribution in [3.63, 3.8) is 0 Å². The van der Waals surface area contributed by atoms with Gasteiger partial charge in [0.25, 0.3) is 5.91 Å². The van der Waals surface area contributed by atoms with Crippen molar-refractivity contribution in [1.82, 2.24) is 4.90 Å². The first-order valence-electron chi connectivity index (χ1n) is 8.35. The monoisotopic (exact) mass is 307 g/mol. The van der Waals surface area contributed by atoms with E-state index in [2.05, 4.69) is 31.2 Å². The number of hydrogen-bond acceptors (Lipinski definition) is 2. The second-order valence-electron chi connectivity index (χ2n) is 6.53. The fourth-order valence-corrected chi connectivity index (χ4v) is 4.25. The lowest BCUT2D eigenvalue weighted by atomic mass is 9.77. The van der Waals surface area contributed by atoms with E-state index in [1.54, 1.807) is 0 Å². The highest BCUT2D eigenvalue weighted by atomic mass is 16.3. The van der Waals surface area contributed by atoms with E-state index in [9.17, 15) is 9.90 Å². The number of carbonyl (C=O) groups is 1. The van der Waals surface area contributed by atoms with Gasteiger partial charge in [0, 0.05) is 24.6 Å². The van der Waals surface area contributed by atoms with E-state index in [1.165, 1.54) is 11.1 Å². The van der Waals surface area contributed by atoms with Crippen LogP contribution in [-0.2, 0) is 0 Å². The number of fused-ring (bicyclic) bond motifs is 5. The average Bonchev–Trinajstić information content (AvgIpc) is 2.89. The predicted molar refractivity (Wildman–Crippen MR) is 89.4 cm³/mol. The van der Waals surface area contributed by atoms with Crippen molar-refractivity contribution in [1.29, 1.82) is 0 Å². The number of aliphatic hydroxyl groups excluding tert-OH is 1. The zero-order chi connectivity index (χ0) is 16.0. The Balaban J connectivity index is 1.88. The number of hydrogen-bond donors (Lipinski definition) is 1. The zero-order valence-corrected chi connectivity index (χ0v) is 13.3. The van der Waals surface area contributed by atoms with Crippen LogP contribution in [0.5, 0.6) is 0 Å². The van der Waals surface area contributed by atoms with E-state index < -0.39 is 0 Å². The van der Waals surface area contributed by atoms with Gasteiger partial charge in [0.1, 0.15) is 0 Å². The van der Waals surface area contributed by atoms with Crippen LogP contribution in [0.1, 0.15) is 52.4 Å². The van der Waals surface area contributed by atoms with Gasteiger partial charge in [-0.2, -0.15) is 0 Å². The summed E-state index contributed by atoms with van der Waals surface area (Å²) in [6, 6.07) is 16.4. The van der Waals surface area contributed by atoms with Crippen LogP contribution in [0.4, 0.5) is 0 Å². The topological polar surface area (TPSA) is 40.5 Å². The average molecular weight is 307 g/mol. The molecule has 3 nitrogen and oxygen atoms in total. The normalized spacial score (nSPS) is 23.2. The second kappa shape index (κ2) is 5.50. The fraction of sp³-hybridized carbons (Fsp3) is 0.350. The maximum Gasteiger partial charge on any atom is 0.255 e. The summed E-state index contributed by atoms with van der Waals surface area (Å²) >= 11 is 0. The summed E-state index contributed by atoms with van der Waals surface area (Å²) in [6.45, 7) is 2.96. The van der Waals surface area contributed by atoms with Gasteiger partial charge < -0.3 is 10.0 Å². The van der Waals surface area contributed by atoms with Crippen molar-refractivity contribution in [2.24, 2.45) is 5.92 Å². The molecular formula is C20H21NO2. The first-order valence-corrected chi connectivity index (χ1v) is 8.35. The largest absolute Gasteiger partial charge is 0.396 e. The van der Waals surface area contributed by atoms with E-state index in [0.29, 0.717) is 6.54 Å². The van der Waals surface area contributed by atoms with Gasteiger partial charge in [0.05, 0.1) is 6.04 Å². The molecule has 1 amide bonds. The SMILES string of the molecule is CC[C@@H](CO)[C@@H]1CN2C(=O)c3ccccc3[C@@H]2c2ccccc21. The quantitative estimate of drug-likeness (QED) is 0.944. The van der Waals surface area contributed by atoms with E-state index in [1.807, 2.05) is 29.2 Å². The van der Waals surface area contributed by atoms with Gasteiger partial charge in [-0.05, 0) is 28.7 Å². The van der Waals surface area contributed by atoms with Gasteiger partial charge in [0.15, 0.2) is 0 Å². The molecule has 0 radical (unpaired) electrons. The van der Waals surface area contributed by atoms with Crippen LogP contribution in [0.3, 0.4) is 0 Å². The number of aliphatic hydroxyl groups is 1. The molecule has 2 aromatic rings. The molecule has 0 spiro atoms. The summed E-state index contributed by atoms with van der Waals surface area (Å²) in [5.41, 5.74) is 4.44. The smallest absolute Gasteiger partial charge is 0.255 e. The maximum absolute atomic E-state index is 12.8. The van der Waals surface area contributed by atoms with Gasteiger partial charge in [-0.3, -0.25) is 4.79 Å². The summed E-state index contributed by atoms with van der Waals surface area (Å²) in [7, 11) is 0. The molecule has 2 aromatic carbocycles. The molecule has 3 heteroatoms. The molecule has 0 saturated carbocycles. The highest BCUT2D eigenvalue weighted by Gasteiger charge is 2.44. The molecular weight excluding hydrogens is 286 g/mol. The van der Waals surface area contributed by atoms with Crippen LogP contribution in [0.25, 0.3) is 0 Å². The van der Waals surface area contributed by atoms with Crippen molar-refractivity contribution in [2.45, 2.75) is 25.3 Å². The Morgan fingerprint density at radius 2 is 1.74 bits per heavy atom. The molecule has 1 N–H and O–H groups in total. The van der Waals surface area contributed by atoms with Gasteiger partial charge in [-0.25, -0.2) is 0 Å². The van der Waals surface area contributed by atoms with Crippen molar-refractivity contribution < 1.29 is 9.90 Å². The summed E-state index contributed by atoms with van der Waals surface area (Å²) in [5, 5.41) is 9.78. The lowest BCUT2D eigenvalue weighted by molar-refractivity contribution is 0.0680.